The topological polar surface area (TPSA) is 76.7 Å². The Balaban J connectivity index is 1.38. The lowest BCUT2D eigenvalue weighted by molar-refractivity contribution is 0.0848. The van der Waals surface area contributed by atoms with Gasteiger partial charge >= 0.3 is 0 Å². The minimum atomic E-state index is -0.396. The number of ether oxygens (including phenoxy) is 2. The molecule has 0 saturated heterocycles. The lowest BCUT2D eigenvalue weighted by atomic mass is 9.87. The molecule has 7 heteroatoms. The minimum absolute atomic E-state index is 0.284. The molecule has 0 saturated carbocycles. The summed E-state index contributed by atoms with van der Waals surface area (Å²) in [5, 5.41) is 0. The van der Waals surface area contributed by atoms with Crippen LogP contribution in [0.1, 0.15) is 50.2 Å². The molecule has 2 heterocycles. The van der Waals surface area contributed by atoms with Gasteiger partial charge in [0.2, 0.25) is 0 Å². The number of thiophene rings is 1. The molecule has 1 aliphatic carbocycles. The molecule has 0 radical (unpaired) electrons. The van der Waals surface area contributed by atoms with Crippen LogP contribution in [0, 0.1) is 5.92 Å². The third-order valence-electron chi connectivity index (χ3n) is 5.08. The van der Waals surface area contributed by atoms with E-state index >= 15 is 0 Å². The molecule has 0 bridgehead atoms. The lowest BCUT2D eigenvalue weighted by Gasteiger charge is -2.19. The second-order valence-corrected chi connectivity index (χ2v) is 7.98. The standard InChI is InChI=1S/C20H22N2O4S/c1-2-12-3-6-17-14(9-12)11-18(27-17)20(24)22-21-19(23)13-4-5-15-16(10-13)26-8-7-25-15/h4-5,10-12H,2-3,6-9H2,1H3,(H,21,23)(H,22,24)/t12-/m0/s1. The fourth-order valence-electron chi connectivity index (χ4n) is 3.49. The number of fused-ring (bicyclic) bond motifs is 2. The number of hydrogen-bond acceptors (Lipinski definition) is 5. The summed E-state index contributed by atoms with van der Waals surface area (Å²) in [4.78, 5) is 26.7. The second-order valence-electron chi connectivity index (χ2n) is 6.84. The third-order valence-corrected chi connectivity index (χ3v) is 6.32. The van der Waals surface area contributed by atoms with Gasteiger partial charge in [-0.3, -0.25) is 20.4 Å². The molecule has 2 N–H and O–H groups in total. The first-order valence-corrected chi connectivity index (χ1v) is 10.1. The summed E-state index contributed by atoms with van der Waals surface area (Å²) in [5.74, 6) is 1.19. The molecule has 27 heavy (non-hydrogen) atoms. The lowest BCUT2D eigenvalue weighted by Crippen LogP contribution is -2.41. The van der Waals surface area contributed by atoms with Crippen LogP contribution < -0.4 is 20.3 Å². The second kappa shape index (κ2) is 7.60. The monoisotopic (exact) mass is 386 g/mol. The minimum Gasteiger partial charge on any atom is -0.486 e. The van der Waals surface area contributed by atoms with Crippen LogP contribution >= 0.6 is 11.3 Å². The molecule has 2 aliphatic rings. The van der Waals surface area contributed by atoms with Crippen LogP contribution in [0.5, 0.6) is 11.5 Å². The first kappa shape index (κ1) is 17.9. The van der Waals surface area contributed by atoms with E-state index in [1.54, 1.807) is 18.2 Å². The van der Waals surface area contributed by atoms with Gasteiger partial charge in [0.05, 0.1) is 4.88 Å². The van der Waals surface area contributed by atoms with E-state index in [0.717, 1.165) is 12.8 Å². The predicted molar refractivity (Wildman–Crippen MR) is 102 cm³/mol. The zero-order chi connectivity index (χ0) is 18.8. The van der Waals surface area contributed by atoms with Crippen molar-refractivity contribution in [2.24, 2.45) is 5.92 Å². The molecule has 2 amide bonds. The van der Waals surface area contributed by atoms with Crippen molar-refractivity contribution in [1.29, 1.82) is 0 Å². The highest BCUT2D eigenvalue weighted by molar-refractivity contribution is 7.14. The van der Waals surface area contributed by atoms with Crippen LogP contribution in [-0.2, 0) is 12.8 Å². The molecule has 1 aromatic heterocycles. The predicted octanol–water partition coefficient (Wildman–Crippen LogP) is 3.11. The van der Waals surface area contributed by atoms with Crippen molar-refractivity contribution in [3.63, 3.8) is 0 Å². The fraction of sp³-hybridized carbons (Fsp3) is 0.400. The molecule has 2 aromatic rings. The molecule has 1 atom stereocenters. The normalized spacial score (nSPS) is 17.7. The van der Waals surface area contributed by atoms with Crippen molar-refractivity contribution in [3.05, 3.63) is 45.1 Å². The number of hydrazine groups is 1. The number of amides is 2. The largest absolute Gasteiger partial charge is 0.486 e. The summed E-state index contributed by atoms with van der Waals surface area (Å²) < 4.78 is 10.9. The zero-order valence-electron chi connectivity index (χ0n) is 15.2. The van der Waals surface area contributed by atoms with Gasteiger partial charge in [0.25, 0.3) is 11.8 Å². The molecule has 142 valence electrons. The Morgan fingerprint density at radius 2 is 1.89 bits per heavy atom. The number of aryl methyl sites for hydroxylation is 1. The first-order valence-electron chi connectivity index (χ1n) is 9.26. The Hall–Kier alpha value is -2.54. The number of nitrogens with one attached hydrogen (secondary N) is 2. The third kappa shape index (κ3) is 3.78. The Bertz CT molecular complexity index is 877. The van der Waals surface area contributed by atoms with Crippen LogP contribution in [0.2, 0.25) is 0 Å². The van der Waals surface area contributed by atoms with Gasteiger partial charge in [-0.15, -0.1) is 11.3 Å². The maximum absolute atomic E-state index is 12.4. The molecular formula is C20H22N2O4S. The molecule has 1 aliphatic heterocycles. The molecule has 1 aromatic carbocycles. The van der Waals surface area contributed by atoms with E-state index in [-0.39, 0.29) is 5.91 Å². The van der Waals surface area contributed by atoms with E-state index in [9.17, 15) is 9.59 Å². The highest BCUT2D eigenvalue weighted by Crippen LogP contribution is 2.33. The summed E-state index contributed by atoms with van der Waals surface area (Å²) in [7, 11) is 0. The number of benzene rings is 1. The van der Waals surface area contributed by atoms with E-state index in [0.29, 0.717) is 41.1 Å². The molecular weight excluding hydrogens is 364 g/mol. The van der Waals surface area contributed by atoms with E-state index < -0.39 is 5.91 Å². The van der Waals surface area contributed by atoms with Crippen LogP contribution in [0.3, 0.4) is 0 Å². The van der Waals surface area contributed by atoms with Gasteiger partial charge in [0, 0.05) is 10.4 Å². The summed E-state index contributed by atoms with van der Waals surface area (Å²) in [6.07, 6.45) is 4.43. The smallest absolute Gasteiger partial charge is 0.279 e. The number of hydrogen-bond donors (Lipinski definition) is 2. The summed E-state index contributed by atoms with van der Waals surface area (Å²) in [5.41, 5.74) is 6.67. The Morgan fingerprint density at radius 1 is 1.11 bits per heavy atom. The van der Waals surface area contributed by atoms with E-state index in [1.807, 2.05) is 6.07 Å². The van der Waals surface area contributed by atoms with Crippen LogP contribution in [-0.4, -0.2) is 25.0 Å². The average molecular weight is 386 g/mol. The SMILES string of the molecule is CC[C@H]1CCc2sc(C(=O)NNC(=O)c3ccc4c(c3)OCCO4)cc2C1. The van der Waals surface area contributed by atoms with Gasteiger partial charge in [-0.1, -0.05) is 13.3 Å². The van der Waals surface area contributed by atoms with E-state index in [1.165, 1.54) is 34.6 Å². The zero-order valence-corrected chi connectivity index (χ0v) is 16.0. The molecule has 4 rings (SSSR count). The van der Waals surface area contributed by atoms with E-state index in [2.05, 4.69) is 17.8 Å². The van der Waals surface area contributed by atoms with Gasteiger partial charge < -0.3 is 9.47 Å². The number of rotatable bonds is 3. The molecule has 0 unspecified atom stereocenters. The average Bonchev–Trinajstić information content (AvgIpc) is 3.14. The Morgan fingerprint density at radius 3 is 2.70 bits per heavy atom. The number of carbonyl (C=O) groups excluding carboxylic acids is 2. The van der Waals surface area contributed by atoms with Gasteiger partial charge in [0.1, 0.15) is 13.2 Å². The van der Waals surface area contributed by atoms with Crippen molar-refractivity contribution in [1.82, 2.24) is 10.9 Å². The Labute approximate surface area is 161 Å². The van der Waals surface area contributed by atoms with Crippen molar-refractivity contribution >= 4 is 23.2 Å². The maximum atomic E-state index is 12.4. The molecule has 0 fully saturated rings. The summed E-state index contributed by atoms with van der Waals surface area (Å²) in [6.45, 7) is 3.16. The van der Waals surface area contributed by atoms with Crippen molar-refractivity contribution in [3.8, 4) is 11.5 Å². The van der Waals surface area contributed by atoms with Gasteiger partial charge in [-0.05, 0) is 55.0 Å². The van der Waals surface area contributed by atoms with Crippen molar-refractivity contribution < 1.29 is 19.1 Å². The van der Waals surface area contributed by atoms with Crippen LogP contribution in [0.15, 0.2) is 24.3 Å². The van der Waals surface area contributed by atoms with Gasteiger partial charge in [-0.25, -0.2) is 0 Å². The Kier molecular flexibility index (Phi) is 5.03. The van der Waals surface area contributed by atoms with Crippen molar-refractivity contribution in [2.45, 2.75) is 32.6 Å². The highest BCUT2D eigenvalue weighted by Gasteiger charge is 2.22. The molecule has 0 spiro atoms. The first-order chi connectivity index (χ1) is 13.1. The van der Waals surface area contributed by atoms with Crippen molar-refractivity contribution in [2.75, 3.05) is 13.2 Å². The quantitative estimate of drug-likeness (QED) is 0.795. The summed E-state index contributed by atoms with van der Waals surface area (Å²) in [6, 6.07) is 6.92. The van der Waals surface area contributed by atoms with Gasteiger partial charge in [0.15, 0.2) is 11.5 Å². The van der Waals surface area contributed by atoms with E-state index in [4.69, 9.17) is 9.47 Å². The summed E-state index contributed by atoms with van der Waals surface area (Å²) >= 11 is 1.52. The molecule has 6 nitrogen and oxygen atoms in total. The maximum Gasteiger partial charge on any atom is 0.279 e. The van der Waals surface area contributed by atoms with Gasteiger partial charge in [-0.2, -0.15) is 0 Å². The van der Waals surface area contributed by atoms with Crippen LogP contribution in [0.4, 0.5) is 0 Å². The highest BCUT2D eigenvalue weighted by atomic mass is 32.1. The van der Waals surface area contributed by atoms with Crippen LogP contribution in [0.25, 0.3) is 0 Å². The number of carbonyl (C=O) groups is 2. The fourth-order valence-corrected chi connectivity index (χ4v) is 4.60.